The van der Waals surface area contributed by atoms with Gasteiger partial charge in [0, 0.05) is 18.3 Å². The number of anilines is 1. The van der Waals surface area contributed by atoms with Crippen molar-refractivity contribution in [1.29, 1.82) is 0 Å². The molecule has 0 fully saturated rings. The van der Waals surface area contributed by atoms with Crippen molar-refractivity contribution in [3.8, 4) is 0 Å². The number of benzene rings is 1. The summed E-state index contributed by atoms with van der Waals surface area (Å²) < 4.78 is 0. The Bertz CT molecular complexity index is 417. The van der Waals surface area contributed by atoms with E-state index in [1.807, 2.05) is 31.3 Å². The topological polar surface area (TPSA) is 32.3 Å². The molecule has 1 amide bonds. The predicted octanol–water partition coefficient (Wildman–Crippen LogP) is 2.87. The molecule has 18 heavy (non-hydrogen) atoms. The number of hydrogen-bond acceptors (Lipinski definition) is 2. The molecule has 0 saturated carbocycles. The minimum Gasteiger partial charge on any atom is -0.313 e. The highest BCUT2D eigenvalue weighted by Gasteiger charge is 2.33. The summed E-state index contributed by atoms with van der Waals surface area (Å²) in [5.74, 6) is 0.159. The monoisotopic (exact) mass is 246 g/mol. The molecular formula is C15H22N2O. The summed E-state index contributed by atoms with van der Waals surface area (Å²) in [7, 11) is 1.85. The number of likely N-dealkylation sites (N-methyl/N-ethyl adjacent to an activating group) is 1. The normalized spacial score (nSPS) is 18.2. The maximum absolute atomic E-state index is 12.1. The van der Waals surface area contributed by atoms with Crippen molar-refractivity contribution in [3.05, 3.63) is 29.8 Å². The van der Waals surface area contributed by atoms with Crippen LogP contribution in [0.5, 0.6) is 0 Å². The molecule has 1 aliphatic heterocycles. The highest BCUT2D eigenvalue weighted by molar-refractivity contribution is 6.04. The van der Waals surface area contributed by atoms with Gasteiger partial charge in [-0.2, -0.15) is 0 Å². The van der Waals surface area contributed by atoms with E-state index in [4.69, 9.17) is 0 Å². The van der Waals surface area contributed by atoms with Gasteiger partial charge in [-0.3, -0.25) is 4.79 Å². The lowest BCUT2D eigenvalue weighted by Gasteiger charge is -2.12. The number of amides is 1. The molecule has 0 spiro atoms. The van der Waals surface area contributed by atoms with Gasteiger partial charge in [-0.05, 0) is 19.0 Å². The van der Waals surface area contributed by atoms with Crippen LogP contribution in [-0.4, -0.2) is 19.5 Å². The van der Waals surface area contributed by atoms with Crippen LogP contribution in [0.3, 0.4) is 0 Å². The molecular weight excluding hydrogens is 224 g/mol. The molecule has 1 aliphatic rings. The van der Waals surface area contributed by atoms with E-state index in [1.165, 1.54) is 19.3 Å². The van der Waals surface area contributed by atoms with Gasteiger partial charge in [-0.25, -0.2) is 0 Å². The summed E-state index contributed by atoms with van der Waals surface area (Å²) in [4.78, 5) is 13.9. The molecule has 0 aromatic heterocycles. The summed E-state index contributed by atoms with van der Waals surface area (Å²) >= 11 is 0. The first-order valence-corrected chi connectivity index (χ1v) is 6.85. The molecule has 98 valence electrons. The Morgan fingerprint density at radius 2 is 2.00 bits per heavy atom. The Kier molecular flexibility index (Phi) is 4.37. The van der Waals surface area contributed by atoms with Gasteiger partial charge in [0.2, 0.25) is 5.91 Å². The zero-order chi connectivity index (χ0) is 13.0. The van der Waals surface area contributed by atoms with Crippen LogP contribution in [0.1, 0.15) is 44.2 Å². The van der Waals surface area contributed by atoms with Crippen LogP contribution in [0, 0.1) is 0 Å². The van der Waals surface area contributed by atoms with Gasteiger partial charge in [0.15, 0.2) is 0 Å². The fourth-order valence-electron chi connectivity index (χ4n) is 2.48. The summed E-state index contributed by atoms with van der Waals surface area (Å²) in [6.07, 6.45) is 4.90. The molecule has 1 N–H and O–H groups in total. The fraction of sp³-hybridized carbons (Fsp3) is 0.533. The number of nitrogens with one attached hydrogen (secondary N) is 1. The van der Waals surface area contributed by atoms with Crippen molar-refractivity contribution in [3.63, 3.8) is 0 Å². The Hall–Kier alpha value is -1.35. The van der Waals surface area contributed by atoms with Crippen LogP contribution in [0.25, 0.3) is 0 Å². The lowest BCUT2D eigenvalue weighted by atomic mass is 10.1. The standard InChI is InChI=1S/C15H22N2O/c1-3-4-5-8-11-16-14-12-9-6-7-10-13(12)17(2)15(14)18/h6-7,9-10,14,16H,3-5,8,11H2,1-2H3. The van der Waals surface area contributed by atoms with E-state index >= 15 is 0 Å². The summed E-state index contributed by atoms with van der Waals surface area (Å²) in [5, 5.41) is 3.39. The third kappa shape index (κ3) is 2.56. The van der Waals surface area contributed by atoms with Gasteiger partial charge in [0.25, 0.3) is 0 Å². The lowest BCUT2D eigenvalue weighted by Crippen LogP contribution is -2.32. The van der Waals surface area contributed by atoms with E-state index < -0.39 is 0 Å². The van der Waals surface area contributed by atoms with Gasteiger partial charge in [0.05, 0.1) is 0 Å². The first kappa shape index (κ1) is 13.1. The Labute approximate surface area is 109 Å². The number of nitrogens with zero attached hydrogens (tertiary/aromatic N) is 1. The van der Waals surface area contributed by atoms with Gasteiger partial charge < -0.3 is 10.2 Å². The van der Waals surface area contributed by atoms with E-state index in [1.54, 1.807) is 4.90 Å². The van der Waals surface area contributed by atoms with Crippen LogP contribution in [0.4, 0.5) is 5.69 Å². The second-order valence-corrected chi connectivity index (χ2v) is 4.90. The third-order valence-corrected chi connectivity index (χ3v) is 3.57. The van der Waals surface area contributed by atoms with Gasteiger partial charge >= 0.3 is 0 Å². The molecule has 0 bridgehead atoms. The van der Waals surface area contributed by atoms with E-state index in [9.17, 15) is 4.79 Å². The van der Waals surface area contributed by atoms with Crippen LogP contribution in [0.15, 0.2) is 24.3 Å². The van der Waals surface area contributed by atoms with Crippen LogP contribution in [-0.2, 0) is 4.79 Å². The summed E-state index contributed by atoms with van der Waals surface area (Å²) in [6, 6.07) is 7.88. The number of fused-ring (bicyclic) bond motifs is 1. The van der Waals surface area contributed by atoms with Crippen LogP contribution in [0.2, 0.25) is 0 Å². The van der Waals surface area contributed by atoms with E-state index in [2.05, 4.69) is 12.2 Å². The maximum atomic E-state index is 12.1. The Morgan fingerprint density at radius 3 is 2.78 bits per heavy atom. The Morgan fingerprint density at radius 1 is 1.22 bits per heavy atom. The molecule has 2 rings (SSSR count). The third-order valence-electron chi connectivity index (χ3n) is 3.57. The molecule has 1 heterocycles. The van der Waals surface area contributed by atoms with E-state index in [-0.39, 0.29) is 11.9 Å². The second-order valence-electron chi connectivity index (χ2n) is 4.90. The van der Waals surface area contributed by atoms with Crippen molar-refractivity contribution in [1.82, 2.24) is 5.32 Å². The number of hydrogen-bond donors (Lipinski definition) is 1. The average molecular weight is 246 g/mol. The minimum atomic E-state index is -0.146. The average Bonchev–Trinajstić information content (AvgIpc) is 2.64. The van der Waals surface area contributed by atoms with Crippen molar-refractivity contribution >= 4 is 11.6 Å². The van der Waals surface area contributed by atoms with Gasteiger partial charge in [-0.15, -0.1) is 0 Å². The molecule has 1 aromatic carbocycles. The van der Waals surface area contributed by atoms with Crippen LogP contribution >= 0.6 is 0 Å². The number of unbranched alkanes of at least 4 members (excludes halogenated alkanes) is 3. The molecule has 1 atom stereocenters. The first-order chi connectivity index (χ1) is 8.75. The number of para-hydroxylation sites is 1. The molecule has 3 nitrogen and oxygen atoms in total. The maximum Gasteiger partial charge on any atom is 0.248 e. The second kappa shape index (κ2) is 6.01. The van der Waals surface area contributed by atoms with Gasteiger partial charge in [-0.1, -0.05) is 44.4 Å². The highest BCUT2D eigenvalue weighted by Crippen LogP contribution is 2.34. The zero-order valence-corrected chi connectivity index (χ0v) is 11.3. The number of rotatable bonds is 6. The SMILES string of the molecule is CCCCCCNC1C(=O)N(C)c2ccccc21. The van der Waals surface area contributed by atoms with Crippen molar-refractivity contribution in [2.45, 2.75) is 38.6 Å². The van der Waals surface area contributed by atoms with Crippen LogP contribution < -0.4 is 10.2 Å². The minimum absolute atomic E-state index is 0.146. The molecule has 0 saturated heterocycles. The first-order valence-electron chi connectivity index (χ1n) is 6.85. The summed E-state index contributed by atoms with van der Waals surface area (Å²) in [6.45, 7) is 3.12. The molecule has 1 aromatic rings. The fourth-order valence-corrected chi connectivity index (χ4v) is 2.48. The number of carbonyl (C=O) groups excluding carboxylic acids is 1. The van der Waals surface area contributed by atoms with E-state index in [0.29, 0.717) is 0 Å². The zero-order valence-electron chi connectivity index (χ0n) is 11.3. The molecule has 3 heteroatoms. The van der Waals surface area contributed by atoms with Crippen molar-refractivity contribution < 1.29 is 4.79 Å². The largest absolute Gasteiger partial charge is 0.313 e. The lowest BCUT2D eigenvalue weighted by molar-refractivity contribution is -0.119. The quantitative estimate of drug-likeness (QED) is 0.783. The number of carbonyl (C=O) groups is 1. The highest BCUT2D eigenvalue weighted by atomic mass is 16.2. The molecule has 0 aliphatic carbocycles. The predicted molar refractivity (Wildman–Crippen MR) is 74.7 cm³/mol. The Balaban J connectivity index is 1.95. The van der Waals surface area contributed by atoms with E-state index in [0.717, 1.165) is 24.2 Å². The van der Waals surface area contributed by atoms with Crippen molar-refractivity contribution in [2.75, 3.05) is 18.5 Å². The molecule has 1 unspecified atom stereocenters. The smallest absolute Gasteiger partial charge is 0.248 e. The summed E-state index contributed by atoms with van der Waals surface area (Å²) in [5.41, 5.74) is 2.15. The van der Waals surface area contributed by atoms with Crippen molar-refractivity contribution in [2.24, 2.45) is 0 Å². The molecule has 0 radical (unpaired) electrons. The van der Waals surface area contributed by atoms with Gasteiger partial charge in [0.1, 0.15) is 6.04 Å².